The van der Waals surface area contributed by atoms with Gasteiger partial charge in [0.15, 0.2) is 0 Å². The average molecular weight is 377 g/mol. The van der Waals surface area contributed by atoms with Gasteiger partial charge in [0, 0.05) is 12.5 Å². The van der Waals surface area contributed by atoms with E-state index in [2.05, 4.69) is 66.5 Å². The minimum Gasteiger partial charge on any atom is -0.349 e. The molecule has 1 saturated heterocycles. The quantitative estimate of drug-likeness (QED) is 0.829. The minimum absolute atomic E-state index is 0.0870. The van der Waals surface area contributed by atoms with Gasteiger partial charge in [-0.2, -0.15) is 0 Å². The summed E-state index contributed by atoms with van der Waals surface area (Å²) in [4.78, 5) is 15.3. The normalized spacial score (nSPS) is 18.6. The Bertz CT molecular complexity index is 819. The molecule has 1 atom stereocenters. The second-order valence-electron chi connectivity index (χ2n) is 8.65. The molecule has 1 aliphatic carbocycles. The molecule has 0 aromatic heterocycles. The number of rotatable bonds is 5. The Labute approximate surface area is 169 Å². The van der Waals surface area contributed by atoms with Gasteiger partial charge in [-0.3, -0.25) is 9.69 Å². The summed E-state index contributed by atoms with van der Waals surface area (Å²) in [6.07, 6.45) is 5.56. The fourth-order valence-electron chi connectivity index (χ4n) is 4.58. The first-order chi connectivity index (χ1) is 13.6. The molecule has 3 heteroatoms. The molecule has 2 aromatic rings. The van der Waals surface area contributed by atoms with Crippen LogP contribution in [0.25, 0.3) is 0 Å². The van der Waals surface area contributed by atoms with Crippen molar-refractivity contribution in [3.63, 3.8) is 0 Å². The van der Waals surface area contributed by atoms with Gasteiger partial charge in [0.1, 0.15) is 0 Å². The van der Waals surface area contributed by atoms with Crippen molar-refractivity contribution in [1.29, 1.82) is 0 Å². The predicted octanol–water partition coefficient (Wildman–Crippen LogP) is 4.57. The molecule has 1 unspecified atom stereocenters. The summed E-state index contributed by atoms with van der Waals surface area (Å²) in [5.41, 5.74) is 6.87. The molecule has 1 fully saturated rings. The van der Waals surface area contributed by atoms with Crippen molar-refractivity contribution < 1.29 is 4.79 Å². The van der Waals surface area contributed by atoms with Gasteiger partial charge < -0.3 is 5.32 Å². The minimum atomic E-state index is 0.0870. The standard InChI is InChI=1S/C25H32N2O/c1-18-6-8-20(9-7-18)17-27-14-12-22(13-15-27)25(28)26-19(2)23-11-10-21-4-3-5-24(21)16-23/h6-11,16,19,22H,3-5,12-15,17H2,1-2H3,(H,26,28). The third-order valence-corrected chi connectivity index (χ3v) is 6.47. The first-order valence-electron chi connectivity index (χ1n) is 10.8. The molecule has 2 aliphatic rings. The highest BCUT2D eigenvalue weighted by atomic mass is 16.1. The zero-order valence-electron chi connectivity index (χ0n) is 17.2. The number of nitrogens with one attached hydrogen (secondary N) is 1. The summed E-state index contributed by atoms with van der Waals surface area (Å²) in [5.74, 6) is 0.370. The lowest BCUT2D eigenvalue weighted by atomic mass is 9.94. The van der Waals surface area contributed by atoms with E-state index in [0.29, 0.717) is 0 Å². The average Bonchev–Trinajstić information content (AvgIpc) is 3.18. The van der Waals surface area contributed by atoms with Crippen LogP contribution in [-0.4, -0.2) is 23.9 Å². The first-order valence-corrected chi connectivity index (χ1v) is 10.8. The fraction of sp³-hybridized carbons (Fsp3) is 0.480. The zero-order chi connectivity index (χ0) is 19.5. The van der Waals surface area contributed by atoms with Gasteiger partial charge in [-0.15, -0.1) is 0 Å². The van der Waals surface area contributed by atoms with E-state index in [1.54, 1.807) is 0 Å². The van der Waals surface area contributed by atoms with Crippen LogP contribution in [0.4, 0.5) is 0 Å². The molecule has 1 amide bonds. The molecule has 148 valence electrons. The summed E-state index contributed by atoms with van der Waals surface area (Å²) in [6, 6.07) is 15.6. The number of benzene rings is 2. The molecule has 4 rings (SSSR count). The number of carbonyl (C=O) groups is 1. The SMILES string of the molecule is Cc1ccc(CN2CCC(C(=O)NC(C)c3ccc4c(c3)CCC4)CC2)cc1. The molecule has 1 heterocycles. The second kappa shape index (κ2) is 8.48. The van der Waals surface area contributed by atoms with Gasteiger partial charge >= 0.3 is 0 Å². The molecule has 0 saturated carbocycles. The molecule has 2 aromatic carbocycles. The number of nitrogens with zero attached hydrogens (tertiary/aromatic N) is 1. The third-order valence-electron chi connectivity index (χ3n) is 6.47. The van der Waals surface area contributed by atoms with E-state index in [-0.39, 0.29) is 17.9 Å². The largest absolute Gasteiger partial charge is 0.349 e. The lowest BCUT2D eigenvalue weighted by Gasteiger charge is -2.32. The number of amides is 1. The summed E-state index contributed by atoms with van der Waals surface area (Å²) >= 11 is 0. The van der Waals surface area contributed by atoms with Crippen molar-refractivity contribution in [3.05, 3.63) is 70.3 Å². The van der Waals surface area contributed by atoms with Gasteiger partial charge in [-0.25, -0.2) is 0 Å². The maximum atomic E-state index is 12.8. The topological polar surface area (TPSA) is 32.3 Å². The number of fused-ring (bicyclic) bond motifs is 1. The molecular weight excluding hydrogens is 344 g/mol. The number of carbonyl (C=O) groups excluding carboxylic acids is 1. The van der Waals surface area contributed by atoms with Crippen LogP contribution in [0.2, 0.25) is 0 Å². The van der Waals surface area contributed by atoms with Crippen molar-refractivity contribution in [1.82, 2.24) is 10.2 Å². The third kappa shape index (κ3) is 4.47. The lowest BCUT2D eigenvalue weighted by Crippen LogP contribution is -2.40. The Morgan fingerprint density at radius 3 is 2.54 bits per heavy atom. The number of likely N-dealkylation sites (tertiary alicyclic amines) is 1. The van der Waals surface area contributed by atoms with Gasteiger partial charge in [0.2, 0.25) is 5.91 Å². The van der Waals surface area contributed by atoms with Crippen molar-refractivity contribution in [2.75, 3.05) is 13.1 Å². The molecule has 28 heavy (non-hydrogen) atoms. The molecule has 1 N–H and O–H groups in total. The Hall–Kier alpha value is -2.13. The number of piperidine rings is 1. The van der Waals surface area contributed by atoms with Crippen molar-refractivity contribution in [3.8, 4) is 0 Å². The van der Waals surface area contributed by atoms with Crippen LogP contribution in [0, 0.1) is 12.8 Å². The maximum absolute atomic E-state index is 12.8. The monoisotopic (exact) mass is 376 g/mol. The Morgan fingerprint density at radius 2 is 1.79 bits per heavy atom. The Morgan fingerprint density at radius 1 is 1.07 bits per heavy atom. The summed E-state index contributed by atoms with van der Waals surface area (Å²) in [5, 5.41) is 3.27. The maximum Gasteiger partial charge on any atom is 0.223 e. The fourth-order valence-corrected chi connectivity index (χ4v) is 4.58. The van der Waals surface area contributed by atoms with E-state index in [0.717, 1.165) is 32.5 Å². The van der Waals surface area contributed by atoms with E-state index in [1.165, 1.54) is 47.1 Å². The van der Waals surface area contributed by atoms with E-state index in [1.807, 2.05) is 0 Å². The van der Waals surface area contributed by atoms with Crippen LogP contribution in [0.15, 0.2) is 42.5 Å². The summed E-state index contributed by atoms with van der Waals surface area (Å²) in [6.45, 7) is 7.22. The second-order valence-corrected chi connectivity index (χ2v) is 8.65. The van der Waals surface area contributed by atoms with Crippen molar-refractivity contribution >= 4 is 5.91 Å². The van der Waals surface area contributed by atoms with Crippen LogP contribution >= 0.6 is 0 Å². The highest BCUT2D eigenvalue weighted by Crippen LogP contribution is 2.26. The highest BCUT2D eigenvalue weighted by Gasteiger charge is 2.26. The molecular formula is C25H32N2O. The number of aryl methyl sites for hydroxylation is 3. The van der Waals surface area contributed by atoms with Crippen LogP contribution in [0.3, 0.4) is 0 Å². The molecule has 3 nitrogen and oxygen atoms in total. The Balaban J connectivity index is 1.27. The number of hydrogen-bond donors (Lipinski definition) is 1. The van der Waals surface area contributed by atoms with Gasteiger partial charge in [0.05, 0.1) is 6.04 Å². The van der Waals surface area contributed by atoms with Gasteiger partial charge in [-0.1, -0.05) is 48.0 Å². The van der Waals surface area contributed by atoms with Gasteiger partial charge in [-0.05, 0) is 81.3 Å². The molecule has 0 radical (unpaired) electrons. The molecule has 1 aliphatic heterocycles. The zero-order valence-corrected chi connectivity index (χ0v) is 17.2. The van der Waals surface area contributed by atoms with Gasteiger partial charge in [0.25, 0.3) is 0 Å². The highest BCUT2D eigenvalue weighted by molar-refractivity contribution is 5.79. The van der Waals surface area contributed by atoms with E-state index in [4.69, 9.17) is 0 Å². The van der Waals surface area contributed by atoms with E-state index >= 15 is 0 Å². The van der Waals surface area contributed by atoms with Crippen LogP contribution in [0.1, 0.15) is 60.0 Å². The van der Waals surface area contributed by atoms with Crippen LogP contribution in [-0.2, 0) is 24.2 Å². The van der Waals surface area contributed by atoms with Crippen molar-refractivity contribution in [2.45, 2.75) is 58.5 Å². The Kier molecular flexibility index (Phi) is 5.82. The first kappa shape index (κ1) is 19.2. The number of hydrogen-bond acceptors (Lipinski definition) is 2. The van der Waals surface area contributed by atoms with E-state index < -0.39 is 0 Å². The molecule has 0 spiro atoms. The summed E-state index contributed by atoms with van der Waals surface area (Å²) < 4.78 is 0. The van der Waals surface area contributed by atoms with Crippen molar-refractivity contribution in [2.24, 2.45) is 5.92 Å². The van der Waals surface area contributed by atoms with Crippen LogP contribution in [0.5, 0.6) is 0 Å². The predicted molar refractivity (Wildman–Crippen MR) is 114 cm³/mol. The van der Waals surface area contributed by atoms with E-state index in [9.17, 15) is 4.79 Å². The lowest BCUT2D eigenvalue weighted by molar-refractivity contribution is -0.127. The summed E-state index contributed by atoms with van der Waals surface area (Å²) in [7, 11) is 0. The smallest absolute Gasteiger partial charge is 0.223 e. The molecule has 0 bridgehead atoms. The van der Waals surface area contributed by atoms with Crippen LogP contribution < -0.4 is 5.32 Å².